The van der Waals surface area contributed by atoms with Gasteiger partial charge in [-0.3, -0.25) is 14.2 Å². The smallest absolute Gasteiger partial charge is 0.307 e. The fourth-order valence-electron chi connectivity index (χ4n) is 4.56. The van der Waals surface area contributed by atoms with Crippen LogP contribution in [0.25, 0.3) is 10.9 Å². The zero-order valence-electron chi connectivity index (χ0n) is 18.9. The van der Waals surface area contributed by atoms with Crippen LogP contribution in [0.5, 0.6) is 11.5 Å². The molecule has 1 N–H and O–H groups in total. The van der Waals surface area contributed by atoms with E-state index >= 15 is 0 Å². The van der Waals surface area contributed by atoms with Gasteiger partial charge < -0.3 is 14.6 Å². The van der Waals surface area contributed by atoms with Crippen LogP contribution in [-0.4, -0.2) is 34.3 Å². The highest BCUT2D eigenvalue weighted by molar-refractivity contribution is 6.04. The number of aliphatic carboxylic acids is 1. The number of benzene rings is 3. The topological polar surface area (TPSA) is 77.8 Å². The van der Waals surface area contributed by atoms with Gasteiger partial charge in [-0.1, -0.05) is 30.3 Å². The van der Waals surface area contributed by atoms with Crippen molar-refractivity contribution in [3.8, 4) is 11.5 Å². The maximum Gasteiger partial charge on any atom is 0.307 e. The third-order valence-electron chi connectivity index (χ3n) is 6.19. The highest BCUT2D eigenvalue weighted by Gasteiger charge is 2.22. The summed E-state index contributed by atoms with van der Waals surface area (Å²) < 4.78 is 13.5. The monoisotopic (exact) mass is 455 g/mol. The van der Waals surface area contributed by atoms with E-state index in [1.165, 1.54) is 5.56 Å². The molecule has 4 aromatic rings. The normalized spacial score (nSPS) is 14.6. The molecule has 0 aliphatic carbocycles. The standard InChI is InChI=1S/C28H25NO5/c1-18-15-24-20(17-27(30)31)6-4-7-25(24)29(18)28(32)19-9-11-22(12-10-19)33-14-13-23-16-21-5-2-3-8-26(21)34-23/h2-12,15,23H,13-14,16-17H2,1H3,(H,30,31). The van der Waals surface area contributed by atoms with Gasteiger partial charge in [-0.15, -0.1) is 0 Å². The predicted molar refractivity (Wildman–Crippen MR) is 129 cm³/mol. The molecule has 0 spiro atoms. The number of rotatable bonds is 7. The number of fused-ring (bicyclic) bond motifs is 2. The maximum atomic E-state index is 13.3. The number of carbonyl (C=O) groups excluding carboxylic acids is 1. The van der Waals surface area contributed by atoms with Crippen molar-refractivity contribution in [2.75, 3.05) is 6.61 Å². The minimum absolute atomic E-state index is 0.0843. The average molecular weight is 456 g/mol. The van der Waals surface area contributed by atoms with Crippen LogP contribution in [0.2, 0.25) is 0 Å². The van der Waals surface area contributed by atoms with E-state index in [0.717, 1.165) is 29.7 Å². The predicted octanol–water partition coefficient (Wildman–Crippen LogP) is 5.04. The van der Waals surface area contributed by atoms with Gasteiger partial charge in [0.1, 0.15) is 17.6 Å². The Bertz CT molecular complexity index is 1340. The molecule has 0 bridgehead atoms. The summed E-state index contributed by atoms with van der Waals surface area (Å²) in [4.78, 5) is 24.5. The van der Waals surface area contributed by atoms with Crippen LogP contribution in [0, 0.1) is 6.92 Å². The van der Waals surface area contributed by atoms with E-state index < -0.39 is 5.97 Å². The van der Waals surface area contributed by atoms with Crippen LogP contribution < -0.4 is 9.47 Å². The molecule has 3 aromatic carbocycles. The molecule has 0 radical (unpaired) electrons. The molecule has 1 aliphatic heterocycles. The van der Waals surface area contributed by atoms with Gasteiger partial charge in [-0.25, -0.2) is 0 Å². The van der Waals surface area contributed by atoms with E-state index in [2.05, 4.69) is 6.07 Å². The first kappa shape index (κ1) is 21.8. The second-order valence-electron chi connectivity index (χ2n) is 8.56. The van der Waals surface area contributed by atoms with Crippen LogP contribution in [0.4, 0.5) is 0 Å². The highest BCUT2D eigenvalue weighted by Crippen LogP contribution is 2.30. The summed E-state index contributed by atoms with van der Waals surface area (Å²) in [6.07, 6.45) is 1.71. The third kappa shape index (κ3) is 4.27. The molecular weight excluding hydrogens is 430 g/mol. The van der Waals surface area contributed by atoms with Crippen LogP contribution in [0.3, 0.4) is 0 Å². The van der Waals surface area contributed by atoms with Crippen molar-refractivity contribution in [3.63, 3.8) is 0 Å². The molecule has 1 unspecified atom stereocenters. The first-order valence-electron chi connectivity index (χ1n) is 11.3. The Balaban J connectivity index is 1.25. The van der Waals surface area contributed by atoms with Crippen LogP contribution in [-0.2, 0) is 17.6 Å². The molecule has 6 nitrogen and oxygen atoms in total. The van der Waals surface area contributed by atoms with Crippen molar-refractivity contribution >= 4 is 22.8 Å². The van der Waals surface area contributed by atoms with Crippen molar-refractivity contribution in [2.45, 2.75) is 32.3 Å². The van der Waals surface area contributed by atoms with Gasteiger partial charge in [0.25, 0.3) is 5.91 Å². The molecule has 1 aliphatic rings. The molecule has 1 aromatic heterocycles. The maximum absolute atomic E-state index is 13.3. The number of aromatic nitrogens is 1. The van der Waals surface area contributed by atoms with Crippen LogP contribution in [0.15, 0.2) is 72.8 Å². The second kappa shape index (κ2) is 9.06. The first-order valence-corrected chi connectivity index (χ1v) is 11.3. The van der Waals surface area contributed by atoms with Gasteiger partial charge in [-0.2, -0.15) is 0 Å². The number of carbonyl (C=O) groups is 2. The lowest BCUT2D eigenvalue weighted by Gasteiger charge is -2.12. The van der Waals surface area contributed by atoms with Gasteiger partial charge in [-0.05, 0) is 60.5 Å². The number of carboxylic acids is 1. The quantitative estimate of drug-likeness (QED) is 0.423. The SMILES string of the molecule is Cc1cc2c(CC(=O)O)cccc2n1C(=O)c1ccc(OCCC2Cc3ccccc3O2)cc1. The van der Waals surface area contributed by atoms with Crippen molar-refractivity contribution in [1.29, 1.82) is 0 Å². The van der Waals surface area contributed by atoms with Gasteiger partial charge in [0.05, 0.1) is 18.5 Å². The molecule has 5 rings (SSSR count). The van der Waals surface area contributed by atoms with E-state index in [1.807, 2.05) is 37.3 Å². The average Bonchev–Trinajstić information content (AvgIpc) is 3.39. The number of hydrogen-bond acceptors (Lipinski definition) is 4. The molecule has 1 atom stereocenters. The van der Waals surface area contributed by atoms with Crippen molar-refractivity contribution < 1.29 is 24.2 Å². The number of nitrogens with zero attached hydrogens (tertiary/aromatic N) is 1. The summed E-state index contributed by atoms with van der Waals surface area (Å²) >= 11 is 0. The minimum atomic E-state index is -0.899. The Morgan fingerprint density at radius 2 is 1.85 bits per heavy atom. The largest absolute Gasteiger partial charge is 0.493 e. The van der Waals surface area contributed by atoms with Gasteiger partial charge in [0.15, 0.2) is 0 Å². The van der Waals surface area contributed by atoms with E-state index in [0.29, 0.717) is 29.0 Å². The molecule has 2 heterocycles. The minimum Gasteiger partial charge on any atom is -0.493 e. The fraction of sp³-hybridized carbons (Fsp3) is 0.214. The Labute approximate surface area is 197 Å². The molecular formula is C28H25NO5. The summed E-state index contributed by atoms with van der Waals surface area (Å²) in [5, 5.41) is 9.97. The lowest BCUT2D eigenvalue weighted by atomic mass is 10.1. The summed E-state index contributed by atoms with van der Waals surface area (Å²) in [7, 11) is 0. The number of para-hydroxylation sites is 1. The molecule has 0 amide bonds. The molecule has 6 heteroatoms. The summed E-state index contributed by atoms with van der Waals surface area (Å²) in [6, 6.07) is 22.5. The zero-order chi connectivity index (χ0) is 23.7. The molecule has 172 valence electrons. The summed E-state index contributed by atoms with van der Waals surface area (Å²) in [6.45, 7) is 2.38. The Kier molecular flexibility index (Phi) is 5.80. The first-order chi connectivity index (χ1) is 16.5. The lowest BCUT2D eigenvalue weighted by Crippen LogP contribution is -2.17. The molecule has 0 fully saturated rings. The second-order valence-corrected chi connectivity index (χ2v) is 8.56. The Morgan fingerprint density at radius 3 is 2.62 bits per heavy atom. The van der Waals surface area contributed by atoms with E-state index in [-0.39, 0.29) is 18.4 Å². The van der Waals surface area contributed by atoms with Crippen molar-refractivity contribution in [3.05, 3.63) is 95.2 Å². The summed E-state index contributed by atoms with van der Waals surface area (Å²) in [5.41, 5.74) is 3.93. The van der Waals surface area contributed by atoms with Gasteiger partial charge in [0, 0.05) is 29.5 Å². The van der Waals surface area contributed by atoms with E-state index in [9.17, 15) is 14.7 Å². The Hall–Kier alpha value is -4.06. The molecule has 0 saturated carbocycles. The zero-order valence-corrected chi connectivity index (χ0v) is 18.9. The van der Waals surface area contributed by atoms with Crippen molar-refractivity contribution in [1.82, 2.24) is 4.57 Å². The van der Waals surface area contributed by atoms with E-state index in [4.69, 9.17) is 9.47 Å². The van der Waals surface area contributed by atoms with E-state index in [1.54, 1.807) is 41.0 Å². The van der Waals surface area contributed by atoms with Crippen LogP contribution in [0.1, 0.15) is 33.6 Å². The molecule has 34 heavy (non-hydrogen) atoms. The number of aryl methyl sites for hydroxylation is 1. The van der Waals surface area contributed by atoms with Gasteiger partial charge in [0.2, 0.25) is 0 Å². The van der Waals surface area contributed by atoms with Crippen molar-refractivity contribution in [2.24, 2.45) is 0 Å². The summed E-state index contributed by atoms with van der Waals surface area (Å²) in [5.74, 6) is 0.593. The lowest BCUT2D eigenvalue weighted by molar-refractivity contribution is -0.136. The molecule has 0 saturated heterocycles. The highest BCUT2D eigenvalue weighted by atomic mass is 16.5. The number of carboxylic acid groups (broad SMARTS) is 1. The number of hydrogen-bond donors (Lipinski definition) is 1. The fourth-order valence-corrected chi connectivity index (χ4v) is 4.56. The Morgan fingerprint density at radius 1 is 1.06 bits per heavy atom. The van der Waals surface area contributed by atoms with Crippen LogP contribution >= 0.6 is 0 Å². The van der Waals surface area contributed by atoms with Gasteiger partial charge >= 0.3 is 5.97 Å². The number of ether oxygens (including phenoxy) is 2. The third-order valence-corrected chi connectivity index (χ3v) is 6.19.